The van der Waals surface area contributed by atoms with E-state index in [1.165, 1.54) is 0 Å². The van der Waals surface area contributed by atoms with Crippen LogP contribution in [0.4, 0.5) is 0 Å². The summed E-state index contributed by atoms with van der Waals surface area (Å²) in [5.74, 6) is 2.51. The van der Waals surface area contributed by atoms with Crippen LogP contribution in [0.1, 0.15) is 22.5 Å². The normalized spacial score (nSPS) is 11.2. The van der Waals surface area contributed by atoms with Crippen molar-refractivity contribution < 1.29 is 14.2 Å². The van der Waals surface area contributed by atoms with Gasteiger partial charge in [-0.3, -0.25) is 9.36 Å². The number of aromatic nitrogens is 2. The largest absolute Gasteiger partial charge is 0.497 e. The lowest BCUT2D eigenvalue weighted by Crippen LogP contribution is -2.24. The fourth-order valence-electron chi connectivity index (χ4n) is 3.80. The van der Waals surface area contributed by atoms with Crippen LogP contribution in [0, 0.1) is 0 Å². The fourth-order valence-corrected chi connectivity index (χ4v) is 3.80. The maximum atomic E-state index is 13.6. The molecule has 1 aromatic heterocycles. The fraction of sp³-hybridized carbons (Fsp3) is 0.185. The van der Waals surface area contributed by atoms with Gasteiger partial charge < -0.3 is 19.9 Å². The highest BCUT2D eigenvalue weighted by Gasteiger charge is 2.12. The maximum Gasteiger partial charge on any atom is 0.262 e. The minimum absolute atomic E-state index is 0.153. The second-order valence-electron chi connectivity index (χ2n) is 7.71. The van der Waals surface area contributed by atoms with Crippen molar-refractivity contribution in [2.75, 3.05) is 21.3 Å². The minimum Gasteiger partial charge on any atom is -0.497 e. The van der Waals surface area contributed by atoms with Gasteiger partial charge in [-0.25, -0.2) is 4.98 Å². The predicted molar refractivity (Wildman–Crippen MR) is 134 cm³/mol. The average molecular weight is 458 g/mol. The number of benzene rings is 3. The van der Waals surface area contributed by atoms with Gasteiger partial charge in [0.25, 0.3) is 5.56 Å². The summed E-state index contributed by atoms with van der Waals surface area (Å²) in [6.45, 7) is 0.778. The van der Waals surface area contributed by atoms with Crippen LogP contribution in [-0.2, 0) is 13.1 Å². The van der Waals surface area contributed by atoms with E-state index in [-0.39, 0.29) is 5.56 Å². The third-order valence-electron chi connectivity index (χ3n) is 5.61. The highest BCUT2D eigenvalue weighted by molar-refractivity contribution is 5.81. The van der Waals surface area contributed by atoms with Crippen LogP contribution >= 0.6 is 0 Å². The van der Waals surface area contributed by atoms with Crippen molar-refractivity contribution in [1.82, 2.24) is 9.55 Å². The molecule has 0 saturated carbocycles. The van der Waals surface area contributed by atoms with Gasteiger partial charge in [0.05, 0.1) is 38.8 Å². The third kappa shape index (κ3) is 4.79. The Labute approximate surface area is 198 Å². The van der Waals surface area contributed by atoms with Gasteiger partial charge in [0.2, 0.25) is 0 Å². The lowest BCUT2D eigenvalue weighted by molar-refractivity contribution is 0.402. The van der Waals surface area contributed by atoms with E-state index in [1.807, 2.05) is 54.6 Å². The van der Waals surface area contributed by atoms with E-state index in [4.69, 9.17) is 24.9 Å². The Balaban J connectivity index is 1.87. The number of fused-ring (bicyclic) bond motifs is 1. The Hall–Kier alpha value is -4.10. The van der Waals surface area contributed by atoms with Crippen molar-refractivity contribution in [3.8, 4) is 17.2 Å². The molecule has 7 nitrogen and oxygen atoms in total. The van der Waals surface area contributed by atoms with E-state index in [0.717, 1.165) is 16.7 Å². The summed E-state index contributed by atoms with van der Waals surface area (Å²) in [6.07, 6.45) is 3.68. The molecule has 0 amide bonds. The second-order valence-corrected chi connectivity index (χ2v) is 7.71. The molecule has 1 heterocycles. The van der Waals surface area contributed by atoms with E-state index in [1.54, 1.807) is 44.1 Å². The summed E-state index contributed by atoms with van der Waals surface area (Å²) in [4.78, 5) is 18.4. The second kappa shape index (κ2) is 10.2. The molecule has 0 aliphatic heterocycles. The van der Waals surface area contributed by atoms with Crippen molar-refractivity contribution in [2.45, 2.75) is 13.1 Å². The summed E-state index contributed by atoms with van der Waals surface area (Å²) < 4.78 is 17.8. The topological polar surface area (TPSA) is 88.6 Å². The first-order valence-electron chi connectivity index (χ1n) is 10.8. The molecule has 0 saturated heterocycles. The zero-order chi connectivity index (χ0) is 24.1. The molecule has 0 fully saturated rings. The zero-order valence-corrected chi connectivity index (χ0v) is 19.4. The lowest BCUT2D eigenvalue weighted by Gasteiger charge is -2.13. The molecule has 7 heteroatoms. The van der Waals surface area contributed by atoms with Crippen molar-refractivity contribution in [3.05, 3.63) is 93.5 Å². The highest BCUT2D eigenvalue weighted by atomic mass is 16.5. The molecule has 0 spiro atoms. The lowest BCUT2D eigenvalue weighted by atomic mass is 10.1. The summed E-state index contributed by atoms with van der Waals surface area (Å²) in [6, 6.07) is 18.7. The number of methoxy groups -OCH3 is 3. The van der Waals surface area contributed by atoms with Gasteiger partial charge in [0, 0.05) is 12.1 Å². The molecule has 0 radical (unpaired) electrons. The summed E-state index contributed by atoms with van der Waals surface area (Å²) in [5, 5.41) is 0.491. The predicted octanol–water partition coefficient (Wildman–Crippen LogP) is 4.10. The van der Waals surface area contributed by atoms with Gasteiger partial charge in [-0.2, -0.15) is 0 Å². The number of hydrogen-bond donors (Lipinski definition) is 1. The Morgan fingerprint density at radius 1 is 0.882 bits per heavy atom. The highest BCUT2D eigenvalue weighted by Crippen LogP contribution is 2.26. The van der Waals surface area contributed by atoms with Gasteiger partial charge in [0.15, 0.2) is 0 Å². The Bertz CT molecular complexity index is 1410. The molecule has 0 unspecified atom stereocenters. The Kier molecular flexibility index (Phi) is 6.94. The monoisotopic (exact) mass is 457 g/mol. The zero-order valence-electron chi connectivity index (χ0n) is 19.4. The number of ether oxygens (including phenoxy) is 3. The number of rotatable bonds is 8. The molecular formula is C27H27N3O4. The van der Waals surface area contributed by atoms with E-state index < -0.39 is 0 Å². The van der Waals surface area contributed by atoms with Gasteiger partial charge in [-0.1, -0.05) is 24.3 Å². The minimum atomic E-state index is -0.153. The summed E-state index contributed by atoms with van der Waals surface area (Å²) in [5.41, 5.74) is 9.02. The number of nitrogens with two attached hydrogens (primary N) is 1. The molecule has 3 aromatic carbocycles. The molecule has 0 bridgehead atoms. The van der Waals surface area contributed by atoms with Crippen molar-refractivity contribution in [3.63, 3.8) is 0 Å². The van der Waals surface area contributed by atoms with Crippen molar-refractivity contribution >= 4 is 23.1 Å². The van der Waals surface area contributed by atoms with Gasteiger partial charge in [-0.05, 0) is 59.7 Å². The van der Waals surface area contributed by atoms with Crippen molar-refractivity contribution in [1.29, 1.82) is 0 Å². The Morgan fingerprint density at radius 2 is 1.62 bits per heavy atom. The summed E-state index contributed by atoms with van der Waals surface area (Å²) in [7, 11) is 4.80. The molecular weight excluding hydrogens is 430 g/mol. The number of hydrogen-bond acceptors (Lipinski definition) is 6. The van der Waals surface area contributed by atoms with Crippen molar-refractivity contribution in [2.24, 2.45) is 5.73 Å². The smallest absolute Gasteiger partial charge is 0.262 e. The maximum absolute atomic E-state index is 13.6. The molecule has 0 aliphatic rings. The standard InChI is InChI=1S/C27H27N3O4/c1-32-21-9-11-25(34-3)20(14-21)7-12-26-29-24-10-8-22(33-2)15-23(24)27(31)30(26)17-19-6-4-5-18(13-19)16-28/h4-15H,16-17,28H2,1-3H3. The van der Waals surface area contributed by atoms with Crippen LogP contribution in [0.15, 0.2) is 65.5 Å². The molecule has 34 heavy (non-hydrogen) atoms. The third-order valence-corrected chi connectivity index (χ3v) is 5.61. The van der Waals surface area contributed by atoms with Gasteiger partial charge >= 0.3 is 0 Å². The molecule has 2 N–H and O–H groups in total. The molecule has 0 aliphatic carbocycles. The Morgan fingerprint density at radius 3 is 2.35 bits per heavy atom. The quantitative estimate of drug-likeness (QED) is 0.429. The van der Waals surface area contributed by atoms with E-state index in [9.17, 15) is 4.79 Å². The molecule has 4 aromatic rings. The van der Waals surface area contributed by atoms with Crippen LogP contribution in [0.25, 0.3) is 23.1 Å². The summed E-state index contributed by atoms with van der Waals surface area (Å²) >= 11 is 0. The average Bonchev–Trinajstić information content (AvgIpc) is 2.89. The van der Waals surface area contributed by atoms with E-state index in [2.05, 4.69) is 0 Å². The van der Waals surface area contributed by atoms with E-state index >= 15 is 0 Å². The molecule has 0 atom stereocenters. The van der Waals surface area contributed by atoms with Gasteiger partial charge in [0.1, 0.15) is 23.1 Å². The molecule has 4 rings (SSSR count). The van der Waals surface area contributed by atoms with Crippen LogP contribution in [0.3, 0.4) is 0 Å². The van der Waals surface area contributed by atoms with E-state index in [0.29, 0.717) is 47.1 Å². The van der Waals surface area contributed by atoms with Crippen LogP contribution in [0.2, 0.25) is 0 Å². The van der Waals surface area contributed by atoms with Gasteiger partial charge in [-0.15, -0.1) is 0 Å². The van der Waals surface area contributed by atoms with Crippen LogP contribution in [-0.4, -0.2) is 30.9 Å². The number of nitrogens with zero attached hydrogens (tertiary/aromatic N) is 2. The first kappa shape index (κ1) is 23.1. The van der Waals surface area contributed by atoms with Crippen LogP contribution in [0.5, 0.6) is 17.2 Å². The first-order chi connectivity index (χ1) is 16.6. The van der Waals surface area contributed by atoms with Crippen LogP contribution < -0.4 is 25.5 Å². The first-order valence-corrected chi connectivity index (χ1v) is 10.8. The molecule has 174 valence electrons. The SMILES string of the molecule is COc1ccc(OC)c(C=Cc2nc3ccc(OC)cc3c(=O)n2Cc2cccc(CN)c2)c1.